The summed E-state index contributed by atoms with van der Waals surface area (Å²) in [6.45, 7) is 7.58. The fourth-order valence-electron chi connectivity index (χ4n) is 4.77. The van der Waals surface area contributed by atoms with Crippen LogP contribution in [0, 0.1) is 18.3 Å². The molecule has 0 N–H and O–H groups in total. The lowest BCUT2D eigenvalue weighted by Crippen LogP contribution is -2.42. The van der Waals surface area contributed by atoms with Gasteiger partial charge >= 0.3 is 0 Å². The maximum Gasteiger partial charge on any atom is 0.271 e. The van der Waals surface area contributed by atoms with Crippen LogP contribution in [0.4, 0.5) is 0 Å². The van der Waals surface area contributed by atoms with Gasteiger partial charge in [0.25, 0.3) is 11.8 Å². The summed E-state index contributed by atoms with van der Waals surface area (Å²) in [5.74, 6) is -0.341. The van der Waals surface area contributed by atoms with Gasteiger partial charge in [-0.05, 0) is 86.9 Å². The Morgan fingerprint density at radius 2 is 1.80 bits per heavy atom. The van der Waals surface area contributed by atoms with Crippen molar-refractivity contribution in [2.45, 2.75) is 40.3 Å². The molecule has 0 bridgehead atoms. The molecule has 0 saturated carbocycles. The van der Waals surface area contributed by atoms with Crippen LogP contribution in [0.5, 0.6) is 5.75 Å². The number of carbonyl (C=O) groups is 2. The number of pyridine rings is 1. The van der Waals surface area contributed by atoms with Gasteiger partial charge in [-0.1, -0.05) is 24.3 Å². The van der Waals surface area contributed by atoms with Crippen LogP contribution in [0.15, 0.2) is 96.0 Å². The number of nitrogens with zero attached hydrogens (tertiary/aromatic N) is 5. The second kappa shape index (κ2) is 11.4. The van der Waals surface area contributed by atoms with Crippen molar-refractivity contribution in [1.29, 1.82) is 5.26 Å². The molecule has 1 aliphatic rings. The maximum atomic E-state index is 13.8. The number of aryl methyl sites for hydroxylation is 1. The highest BCUT2D eigenvalue weighted by atomic mass is 16.5. The monoisotopic (exact) mass is 543 g/mol. The summed E-state index contributed by atoms with van der Waals surface area (Å²) in [6, 6.07) is 21.0. The minimum atomic E-state index is -0.618. The number of rotatable bonds is 7. The first kappa shape index (κ1) is 27.3. The normalized spacial score (nSPS) is 14.6. The summed E-state index contributed by atoms with van der Waals surface area (Å²) in [5.41, 5.74) is 5.22. The van der Waals surface area contributed by atoms with Crippen molar-refractivity contribution in [3.63, 3.8) is 0 Å². The van der Waals surface area contributed by atoms with Crippen LogP contribution < -0.4 is 4.74 Å². The van der Waals surface area contributed by atoms with Crippen molar-refractivity contribution < 1.29 is 14.3 Å². The Morgan fingerprint density at radius 3 is 2.46 bits per heavy atom. The average Bonchev–Trinajstić information content (AvgIpc) is 3.38. The molecule has 8 heteroatoms. The largest absolute Gasteiger partial charge is 0.491 e. The van der Waals surface area contributed by atoms with Gasteiger partial charge in [0.05, 0.1) is 18.3 Å². The predicted molar refractivity (Wildman–Crippen MR) is 156 cm³/mol. The van der Waals surface area contributed by atoms with E-state index in [4.69, 9.17) is 9.84 Å². The van der Waals surface area contributed by atoms with Gasteiger partial charge in [0, 0.05) is 35.3 Å². The molecular formula is C33H29N5O3. The van der Waals surface area contributed by atoms with Gasteiger partial charge in [0.1, 0.15) is 23.1 Å². The quantitative estimate of drug-likeness (QED) is 0.215. The van der Waals surface area contributed by atoms with Gasteiger partial charge in [-0.25, -0.2) is 4.68 Å². The molecule has 3 heterocycles. The lowest BCUT2D eigenvalue weighted by atomic mass is 9.92. The SMILES string of the molecule is CC1=C(C#N)C(=O)N(Cc2cccnc2)C(=O)/C1=C/c1cn(-c2ccccc2)nc1-c1ccc(OC(C)C)cc1C. The summed E-state index contributed by atoms with van der Waals surface area (Å²) in [6.07, 6.45) is 6.83. The van der Waals surface area contributed by atoms with Gasteiger partial charge in [-0.2, -0.15) is 10.4 Å². The highest BCUT2D eigenvalue weighted by Crippen LogP contribution is 2.34. The number of aromatic nitrogens is 3. The third kappa shape index (κ3) is 5.56. The summed E-state index contributed by atoms with van der Waals surface area (Å²) in [4.78, 5) is 32.1. The summed E-state index contributed by atoms with van der Waals surface area (Å²) in [5, 5.41) is 14.8. The molecule has 0 saturated heterocycles. The third-order valence-electron chi connectivity index (χ3n) is 6.78. The molecule has 5 rings (SSSR count). The second-order valence-electron chi connectivity index (χ2n) is 10.1. The van der Waals surface area contributed by atoms with Gasteiger partial charge in [-0.3, -0.25) is 19.5 Å². The molecule has 204 valence electrons. The highest BCUT2D eigenvalue weighted by Gasteiger charge is 2.36. The van der Waals surface area contributed by atoms with Crippen molar-refractivity contribution in [1.82, 2.24) is 19.7 Å². The summed E-state index contributed by atoms with van der Waals surface area (Å²) < 4.78 is 7.63. The Kier molecular flexibility index (Phi) is 7.61. The third-order valence-corrected chi connectivity index (χ3v) is 6.78. The molecule has 8 nitrogen and oxygen atoms in total. The highest BCUT2D eigenvalue weighted by molar-refractivity contribution is 6.19. The molecule has 2 aromatic heterocycles. The lowest BCUT2D eigenvalue weighted by molar-refractivity contribution is -0.141. The number of ether oxygens (including phenoxy) is 1. The standard InChI is InChI=1S/C33H29N5O3/c1-21(2)41-27-12-13-28(22(3)15-27)31-25(20-38(36-31)26-10-6-5-7-11-26)16-29-23(4)30(17-34)33(40)37(32(29)39)19-24-9-8-14-35-18-24/h5-16,18,20-21H,19H2,1-4H3/b29-16+. The molecule has 0 atom stereocenters. The van der Waals surface area contributed by atoms with Crippen molar-refractivity contribution >= 4 is 17.9 Å². The van der Waals surface area contributed by atoms with Gasteiger partial charge in [-0.15, -0.1) is 0 Å². The molecule has 0 aliphatic carbocycles. The van der Waals surface area contributed by atoms with Crippen molar-refractivity contribution in [2.24, 2.45) is 0 Å². The van der Waals surface area contributed by atoms with Crippen molar-refractivity contribution in [3.8, 4) is 28.8 Å². The van der Waals surface area contributed by atoms with Crippen LogP contribution >= 0.6 is 0 Å². The number of imide groups is 1. The smallest absolute Gasteiger partial charge is 0.271 e. The summed E-state index contributed by atoms with van der Waals surface area (Å²) >= 11 is 0. The summed E-state index contributed by atoms with van der Waals surface area (Å²) in [7, 11) is 0. The lowest BCUT2D eigenvalue weighted by Gasteiger charge is -2.27. The van der Waals surface area contributed by atoms with Crippen LogP contribution in [0.1, 0.15) is 37.5 Å². The first-order valence-corrected chi connectivity index (χ1v) is 13.3. The minimum Gasteiger partial charge on any atom is -0.491 e. The second-order valence-corrected chi connectivity index (χ2v) is 10.1. The zero-order valence-corrected chi connectivity index (χ0v) is 23.3. The number of carbonyl (C=O) groups excluding carboxylic acids is 2. The Bertz CT molecular complexity index is 1730. The Labute approximate surface area is 238 Å². The number of para-hydroxylation sites is 1. The van der Waals surface area contributed by atoms with E-state index in [9.17, 15) is 14.9 Å². The van der Waals surface area contributed by atoms with E-state index < -0.39 is 11.8 Å². The number of hydrogen-bond acceptors (Lipinski definition) is 6. The average molecular weight is 544 g/mol. The fraction of sp³-hybridized carbons (Fsp3) is 0.182. The number of benzene rings is 2. The molecule has 0 spiro atoms. The first-order valence-electron chi connectivity index (χ1n) is 13.3. The topological polar surface area (TPSA) is 101 Å². The molecular weight excluding hydrogens is 514 g/mol. The predicted octanol–water partition coefficient (Wildman–Crippen LogP) is 5.82. The Hall–Kier alpha value is -5.29. The zero-order valence-electron chi connectivity index (χ0n) is 23.3. The van der Waals surface area contributed by atoms with E-state index in [1.54, 1.807) is 42.2 Å². The van der Waals surface area contributed by atoms with E-state index in [0.717, 1.165) is 27.5 Å². The number of amides is 2. The maximum absolute atomic E-state index is 13.8. The number of nitriles is 1. The van der Waals surface area contributed by atoms with Gasteiger partial charge in [0.2, 0.25) is 0 Å². The van der Waals surface area contributed by atoms with E-state index in [0.29, 0.717) is 22.4 Å². The molecule has 2 amide bonds. The minimum absolute atomic E-state index is 0.00780. The van der Waals surface area contributed by atoms with Crippen LogP contribution in [0.3, 0.4) is 0 Å². The Balaban J connectivity index is 1.65. The van der Waals surface area contributed by atoms with E-state index in [2.05, 4.69) is 4.98 Å². The van der Waals surface area contributed by atoms with E-state index in [1.165, 1.54) is 0 Å². The van der Waals surface area contributed by atoms with Crippen LogP contribution in [-0.2, 0) is 16.1 Å². The van der Waals surface area contributed by atoms with E-state index in [1.807, 2.05) is 81.6 Å². The van der Waals surface area contributed by atoms with E-state index >= 15 is 0 Å². The van der Waals surface area contributed by atoms with E-state index in [-0.39, 0.29) is 23.8 Å². The first-order chi connectivity index (χ1) is 19.8. The molecule has 0 radical (unpaired) electrons. The van der Waals surface area contributed by atoms with Gasteiger partial charge in [0.15, 0.2) is 0 Å². The number of hydrogen-bond donors (Lipinski definition) is 0. The van der Waals surface area contributed by atoms with Crippen molar-refractivity contribution in [2.75, 3.05) is 0 Å². The Morgan fingerprint density at radius 1 is 1.02 bits per heavy atom. The fourth-order valence-corrected chi connectivity index (χ4v) is 4.77. The zero-order chi connectivity index (χ0) is 29.1. The molecule has 1 aliphatic heterocycles. The molecule has 4 aromatic rings. The molecule has 41 heavy (non-hydrogen) atoms. The molecule has 0 unspecified atom stereocenters. The van der Waals surface area contributed by atoms with Crippen LogP contribution in [-0.4, -0.2) is 37.6 Å². The molecule has 0 fully saturated rings. The van der Waals surface area contributed by atoms with Crippen molar-refractivity contribution in [3.05, 3.63) is 113 Å². The van der Waals surface area contributed by atoms with Gasteiger partial charge < -0.3 is 4.74 Å². The molecule has 2 aromatic carbocycles. The van der Waals surface area contributed by atoms with Crippen LogP contribution in [0.2, 0.25) is 0 Å². The van der Waals surface area contributed by atoms with Crippen LogP contribution in [0.25, 0.3) is 23.0 Å².